The van der Waals surface area contributed by atoms with E-state index in [1.807, 2.05) is 14.2 Å². The average molecular weight is 184 g/mol. The van der Waals surface area contributed by atoms with E-state index in [0.717, 1.165) is 36.9 Å². The molecular formula is C11H20O2. The van der Waals surface area contributed by atoms with Gasteiger partial charge in [-0.05, 0) is 42.9 Å². The molecule has 0 saturated heterocycles. The third kappa shape index (κ3) is 1.62. The van der Waals surface area contributed by atoms with Gasteiger partial charge in [-0.25, -0.2) is 0 Å². The smallest absolute Gasteiger partial charge is 0.0496 e. The minimum Gasteiger partial charge on any atom is -0.384 e. The molecular weight excluding hydrogens is 164 g/mol. The van der Waals surface area contributed by atoms with Crippen LogP contribution in [-0.2, 0) is 9.47 Å². The monoisotopic (exact) mass is 184 g/mol. The van der Waals surface area contributed by atoms with Gasteiger partial charge in [0.25, 0.3) is 0 Å². The summed E-state index contributed by atoms with van der Waals surface area (Å²) in [6.07, 6.45) is 4.29. The summed E-state index contributed by atoms with van der Waals surface area (Å²) in [5.74, 6) is 3.43. The molecule has 2 bridgehead atoms. The van der Waals surface area contributed by atoms with Gasteiger partial charge in [0.2, 0.25) is 0 Å². The lowest BCUT2D eigenvalue weighted by Crippen LogP contribution is -2.29. The normalized spacial score (nSPS) is 42.9. The molecule has 0 aromatic carbocycles. The highest BCUT2D eigenvalue weighted by molar-refractivity contribution is 4.96. The number of hydrogen-bond donors (Lipinski definition) is 0. The molecule has 2 rings (SSSR count). The maximum absolute atomic E-state index is 5.30. The summed E-state index contributed by atoms with van der Waals surface area (Å²) in [7, 11) is 3.63. The molecule has 76 valence electrons. The maximum atomic E-state index is 5.30. The van der Waals surface area contributed by atoms with Crippen molar-refractivity contribution < 1.29 is 9.47 Å². The predicted molar refractivity (Wildman–Crippen MR) is 51.6 cm³/mol. The number of ether oxygens (including phenoxy) is 2. The second-order valence-corrected chi connectivity index (χ2v) is 4.57. The summed E-state index contributed by atoms with van der Waals surface area (Å²) in [5.41, 5.74) is 0. The summed E-state index contributed by atoms with van der Waals surface area (Å²) < 4.78 is 10.6. The Bertz CT molecular complexity index is 151. The van der Waals surface area contributed by atoms with Crippen LogP contribution in [-0.4, -0.2) is 27.4 Å². The predicted octanol–water partition coefficient (Wildman–Crippen LogP) is 1.94. The van der Waals surface area contributed by atoms with Crippen molar-refractivity contribution in [1.29, 1.82) is 0 Å². The molecule has 2 aliphatic rings. The van der Waals surface area contributed by atoms with E-state index in [2.05, 4.69) is 0 Å². The topological polar surface area (TPSA) is 18.5 Å². The lowest BCUT2D eigenvalue weighted by molar-refractivity contribution is 0.0404. The van der Waals surface area contributed by atoms with Gasteiger partial charge in [0, 0.05) is 27.4 Å². The van der Waals surface area contributed by atoms with Crippen molar-refractivity contribution in [2.45, 2.75) is 19.3 Å². The van der Waals surface area contributed by atoms with E-state index in [-0.39, 0.29) is 0 Å². The lowest BCUT2D eigenvalue weighted by atomic mass is 9.80. The van der Waals surface area contributed by atoms with Crippen molar-refractivity contribution in [3.05, 3.63) is 0 Å². The molecule has 4 unspecified atom stereocenters. The summed E-state index contributed by atoms with van der Waals surface area (Å²) in [6, 6.07) is 0. The Labute approximate surface area is 80.6 Å². The molecule has 0 aromatic heterocycles. The van der Waals surface area contributed by atoms with Gasteiger partial charge in [0.1, 0.15) is 0 Å². The van der Waals surface area contributed by atoms with Crippen molar-refractivity contribution in [2.75, 3.05) is 27.4 Å². The molecule has 2 saturated carbocycles. The first-order valence-corrected chi connectivity index (χ1v) is 5.34. The van der Waals surface area contributed by atoms with Gasteiger partial charge < -0.3 is 9.47 Å². The maximum Gasteiger partial charge on any atom is 0.0496 e. The first-order chi connectivity index (χ1) is 6.36. The molecule has 4 atom stereocenters. The van der Waals surface area contributed by atoms with Gasteiger partial charge in [0.15, 0.2) is 0 Å². The van der Waals surface area contributed by atoms with E-state index >= 15 is 0 Å². The van der Waals surface area contributed by atoms with E-state index in [1.54, 1.807) is 0 Å². The zero-order chi connectivity index (χ0) is 9.26. The highest BCUT2D eigenvalue weighted by atomic mass is 16.5. The molecule has 0 amide bonds. The SMILES string of the molecule is COCC1C2CCC(C2)C1COC. The zero-order valence-electron chi connectivity index (χ0n) is 8.66. The van der Waals surface area contributed by atoms with E-state index in [0.29, 0.717) is 0 Å². The van der Waals surface area contributed by atoms with Crippen LogP contribution in [0.2, 0.25) is 0 Å². The van der Waals surface area contributed by atoms with Crippen LogP contribution in [0.4, 0.5) is 0 Å². The standard InChI is InChI=1S/C11H20O2/c1-12-6-10-8-3-4-9(5-8)11(10)7-13-2/h8-11H,3-7H2,1-2H3. The van der Waals surface area contributed by atoms with E-state index in [4.69, 9.17) is 9.47 Å². The van der Waals surface area contributed by atoms with Gasteiger partial charge in [-0.2, -0.15) is 0 Å². The van der Waals surface area contributed by atoms with E-state index < -0.39 is 0 Å². The van der Waals surface area contributed by atoms with Gasteiger partial charge >= 0.3 is 0 Å². The van der Waals surface area contributed by atoms with Crippen molar-refractivity contribution in [3.63, 3.8) is 0 Å². The molecule has 0 N–H and O–H groups in total. The summed E-state index contributed by atoms with van der Waals surface area (Å²) >= 11 is 0. The Morgan fingerprint density at radius 1 is 0.923 bits per heavy atom. The van der Waals surface area contributed by atoms with Crippen molar-refractivity contribution in [1.82, 2.24) is 0 Å². The highest BCUT2D eigenvalue weighted by Gasteiger charge is 2.46. The average Bonchev–Trinajstić information content (AvgIpc) is 2.69. The van der Waals surface area contributed by atoms with Crippen LogP contribution in [0.15, 0.2) is 0 Å². The molecule has 0 spiro atoms. The Kier molecular flexibility index (Phi) is 2.89. The van der Waals surface area contributed by atoms with Crippen LogP contribution >= 0.6 is 0 Å². The van der Waals surface area contributed by atoms with E-state index in [9.17, 15) is 0 Å². The molecule has 2 nitrogen and oxygen atoms in total. The van der Waals surface area contributed by atoms with Crippen LogP contribution in [0.3, 0.4) is 0 Å². The number of rotatable bonds is 4. The fraction of sp³-hybridized carbons (Fsp3) is 1.00. The third-order valence-electron chi connectivity index (χ3n) is 3.99. The second kappa shape index (κ2) is 3.97. The van der Waals surface area contributed by atoms with Gasteiger partial charge in [-0.3, -0.25) is 0 Å². The van der Waals surface area contributed by atoms with Gasteiger partial charge in [0.05, 0.1) is 0 Å². The largest absolute Gasteiger partial charge is 0.384 e. The molecule has 0 radical (unpaired) electrons. The number of methoxy groups -OCH3 is 2. The van der Waals surface area contributed by atoms with Crippen LogP contribution < -0.4 is 0 Å². The first-order valence-electron chi connectivity index (χ1n) is 5.34. The fourth-order valence-corrected chi connectivity index (χ4v) is 3.43. The van der Waals surface area contributed by atoms with Crippen molar-refractivity contribution >= 4 is 0 Å². The minimum absolute atomic E-state index is 0.781. The summed E-state index contributed by atoms with van der Waals surface area (Å²) in [4.78, 5) is 0. The fourth-order valence-electron chi connectivity index (χ4n) is 3.43. The Morgan fingerprint density at radius 3 is 1.77 bits per heavy atom. The number of hydrogen-bond acceptors (Lipinski definition) is 2. The first kappa shape index (κ1) is 9.47. The molecule has 0 aromatic rings. The van der Waals surface area contributed by atoms with Gasteiger partial charge in [-0.15, -0.1) is 0 Å². The molecule has 0 aliphatic heterocycles. The summed E-state index contributed by atoms with van der Waals surface area (Å²) in [5, 5.41) is 0. The summed E-state index contributed by atoms with van der Waals surface area (Å²) in [6.45, 7) is 1.88. The molecule has 2 fully saturated rings. The van der Waals surface area contributed by atoms with Crippen LogP contribution in [0.5, 0.6) is 0 Å². The van der Waals surface area contributed by atoms with Crippen LogP contribution in [0.25, 0.3) is 0 Å². The Hall–Kier alpha value is -0.0800. The minimum atomic E-state index is 0.781. The third-order valence-corrected chi connectivity index (χ3v) is 3.99. The Morgan fingerprint density at radius 2 is 1.38 bits per heavy atom. The second-order valence-electron chi connectivity index (χ2n) is 4.57. The molecule has 2 aliphatic carbocycles. The van der Waals surface area contributed by atoms with Crippen molar-refractivity contribution in [2.24, 2.45) is 23.7 Å². The Balaban J connectivity index is 1.97. The quantitative estimate of drug-likeness (QED) is 0.664. The zero-order valence-corrected chi connectivity index (χ0v) is 8.66. The van der Waals surface area contributed by atoms with Gasteiger partial charge in [-0.1, -0.05) is 0 Å². The molecule has 2 heteroatoms. The molecule has 13 heavy (non-hydrogen) atoms. The molecule has 0 heterocycles. The van der Waals surface area contributed by atoms with E-state index in [1.165, 1.54) is 19.3 Å². The van der Waals surface area contributed by atoms with Crippen molar-refractivity contribution in [3.8, 4) is 0 Å². The lowest BCUT2D eigenvalue weighted by Gasteiger charge is -2.29. The highest BCUT2D eigenvalue weighted by Crippen LogP contribution is 2.52. The van der Waals surface area contributed by atoms with Crippen LogP contribution in [0, 0.1) is 23.7 Å². The van der Waals surface area contributed by atoms with Crippen LogP contribution in [0.1, 0.15) is 19.3 Å². The number of fused-ring (bicyclic) bond motifs is 2.